The van der Waals surface area contributed by atoms with E-state index in [2.05, 4.69) is 24.2 Å². The number of carbonyl (C=O) groups excluding carboxylic acids is 1. The Hall–Kier alpha value is -4.07. The van der Waals surface area contributed by atoms with Gasteiger partial charge in [0.2, 0.25) is 0 Å². The average molecular weight is 541 g/mol. The molecule has 4 aromatic rings. The molecule has 2 aromatic heterocycles. The summed E-state index contributed by atoms with van der Waals surface area (Å²) in [5, 5.41) is 14.2. The van der Waals surface area contributed by atoms with Crippen LogP contribution < -0.4 is 4.90 Å². The number of hydrogen-bond acceptors (Lipinski definition) is 5. The van der Waals surface area contributed by atoms with Crippen molar-refractivity contribution in [3.8, 4) is 11.3 Å². The van der Waals surface area contributed by atoms with Crippen molar-refractivity contribution in [1.82, 2.24) is 14.6 Å². The zero-order valence-electron chi connectivity index (χ0n) is 23.0. The molecule has 2 aliphatic rings. The Morgan fingerprint density at radius 2 is 1.95 bits per heavy atom. The molecule has 1 aliphatic heterocycles. The maximum atomic E-state index is 15.4. The van der Waals surface area contributed by atoms with Gasteiger partial charge in [0.1, 0.15) is 11.5 Å². The number of aliphatic carboxylic acids is 1. The Morgan fingerprint density at radius 1 is 1.15 bits per heavy atom. The smallest absolute Gasteiger partial charge is 0.311 e. The lowest BCUT2D eigenvalue weighted by molar-refractivity contribution is -0.146. The highest BCUT2D eigenvalue weighted by Crippen LogP contribution is 2.38. The first-order chi connectivity index (χ1) is 19.2. The van der Waals surface area contributed by atoms with Crippen molar-refractivity contribution in [2.24, 2.45) is 11.3 Å². The third kappa shape index (κ3) is 4.35. The van der Waals surface area contributed by atoms with Crippen LogP contribution in [-0.4, -0.2) is 44.5 Å². The third-order valence-electron chi connectivity index (χ3n) is 8.91. The summed E-state index contributed by atoms with van der Waals surface area (Å²) in [4.78, 5) is 32.0. The van der Waals surface area contributed by atoms with Crippen LogP contribution in [0.2, 0.25) is 0 Å². The number of benzene rings is 2. The van der Waals surface area contributed by atoms with Gasteiger partial charge in [-0.05, 0) is 73.9 Å². The number of carbonyl (C=O) groups is 2. The largest absolute Gasteiger partial charge is 0.481 e. The minimum absolute atomic E-state index is 0.0384. The molecule has 206 valence electrons. The van der Waals surface area contributed by atoms with Crippen LogP contribution in [0.5, 0.6) is 0 Å². The van der Waals surface area contributed by atoms with Gasteiger partial charge in [-0.2, -0.15) is 5.10 Å². The van der Waals surface area contributed by atoms with Gasteiger partial charge in [-0.15, -0.1) is 0 Å². The first-order valence-electron chi connectivity index (χ1n) is 14.0. The molecule has 7 nitrogen and oxygen atoms in total. The molecule has 2 aromatic carbocycles. The number of aryl methyl sites for hydroxylation is 2. The summed E-state index contributed by atoms with van der Waals surface area (Å²) in [7, 11) is 0. The third-order valence-corrected chi connectivity index (χ3v) is 8.91. The van der Waals surface area contributed by atoms with Crippen LogP contribution in [0.4, 0.5) is 10.1 Å². The highest BCUT2D eigenvalue weighted by atomic mass is 19.1. The summed E-state index contributed by atoms with van der Waals surface area (Å²) in [6.45, 7) is 6.73. The Balaban J connectivity index is 1.30. The fourth-order valence-corrected chi connectivity index (χ4v) is 6.34. The number of hydrogen-bond donors (Lipinski definition) is 1. The number of nitrogens with zero attached hydrogens (tertiary/aromatic N) is 4. The summed E-state index contributed by atoms with van der Waals surface area (Å²) >= 11 is 0. The van der Waals surface area contributed by atoms with Gasteiger partial charge >= 0.3 is 5.97 Å². The van der Waals surface area contributed by atoms with E-state index in [1.165, 1.54) is 17.2 Å². The molecule has 2 unspecified atom stereocenters. The maximum Gasteiger partial charge on any atom is 0.311 e. The minimum atomic E-state index is -0.840. The molecule has 0 bridgehead atoms. The molecule has 8 heteroatoms. The molecule has 1 saturated heterocycles. The Bertz CT molecular complexity index is 1650. The van der Waals surface area contributed by atoms with Crippen molar-refractivity contribution >= 4 is 23.1 Å². The lowest BCUT2D eigenvalue weighted by atomic mass is 9.73. The summed E-state index contributed by atoms with van der Waals surface area (Å²) in [5.41, 5.74) is 4.91. The van der Waals surface area contributed by atoms with Crippen molar-refractivity contribution in [1.29, 1.82) is 0 Å². The van der Waals surface area contributed by atoms with Gasteiger partial charge in [0.05, 0.1) is 11.1 Å². The van der Waals surface area contributed by atoms with E-state index in [0.717, 1.165) is 18.5 Å². The number of aromatic nitrogens is 3. The zero-order valence-corrected chi connectivity index (χ0v) is 23.0. The van der Waals surface area contributed by atoms with Gasteiger partial charge in [-0.1, -0.05) is 38.1 Å². The Labute approximate surface area is 232 Å². The molecule has 0 radical (unpaired) electrons. The number of fused-ring (bicyclic) bond motifs is 2. The van der Waals surface area contributed by atoms with E-state index in [4.69, 9.17) is 4.98 Å². The topological polar surface area (TPSA) is 87.8 Å². The fourth-order valence-electron chi connectivity index (χ4n) is 6.34. The summed E-state index contributed by atoms with van der Waals surface area (Å²) in [5.74, 6) is -1.27. The van der Waals surface area contributed by atoms with E-state index >= 15 is 4.39 Å². The second-order valence-corrected chi connectivity index (χ2v) is 11.5. The van der Waals surface area contributed by atoms with E-state index in [1.807, 2.05) is 30.0 Å². The van der Waals surface area contributed by atoms with Crippen LogP contribution in [-0.2, 0) is 17.6 Å². The van der Waals surface area contributed by atoms with E-state index in [-0.39, 0.29) is 17.6 Å². The van der Waals surface area contributed by atoms with Gasteiger partial charge in [0, 0.05) is 42.0 Å². The summed E-state index contributed by atoms with van der Waals surface area (Å²) in [6.07, 6.45) is 2.81. The number of carboxylic acids is 1. The normalized spacial score (nSPS) is 22.4. The van der Waals surface area contributed by atoms with Crippen molar-refractivity contribution < 1.29 is 19.1 Å². The molecule has 3 heterocycles. The molecule has 0 spiro atoms. The second-order valence-electron chi connectivity index (χ2n) is 11.5. The molecule has 6 rings (SSSR count). The molecule has 3 atom stereocenters. The van der Waals surface area contributed by atoms with Crippen LogP contribution >= 0.6 is 0 Å². The van der Waals surface area contributed by atoms with Crippen molar-refractivity contribution in [3.63, 3.8) is 0 Å². The number of Topliss-reactive ketones (excluding diaryl/α,β-unsaturated/α-hetero) is 1. The maximum absolute atomic E-state index is 15.4. The SMILES string of the molecule is CCc1cc(C(=O)C2CCc3ccccc3[C@H]2C)nc2cc(-c3ccc(N4CCC(C)(C(=O)O)C4)cc3F)nn12. The van der Waals surface area contributed by atoms with Crippen LogP contribution in [0.1, 0.15) is 66.8 Å². The molecular formula is C32H33FN4O3. The van der Waals surface area contributed by atoms with Crippen LogP contribution in [0, 0.1) is 17.2 Å². The van der Waals surface area contributed by atoms with E-state index in [9.17, 15) is 14.7 Å². The summed E-state index contributed by atoms with van der Waals surface area (Å²) < 4.78 is 17.1. The number of anilines is 1. The highest BCUT2D eigenvalue weighted by molar-refractivity contribution is 5.97. The van der Waals surface area contributed by atoms with Crippen molar-refractivity contribution in [3.05, 3.63) is 82.9 Å². The molecular weight excluding hydrogens is 507 g/mol. The Kier molecular flexibility index (Phi) is 6.44. The fraction of sp³-hybridized carbons (Fsp3) is 0.375. The van der Waals surface area contributed by atoms with Gasteiger partial charge in [-0.3, -0.25) is 9.59 Å². The first kappa shape index (κ1) is 26.2. The van der Waals surface area contributed by atoms with E-state index in [1.54, 1.807) is 29.6 Å². The lowest BCUT2D eigenvalue weighted by Crippen LogP contribution is -2.31. The quantitative estimate of drug-likeness (QED) is 0.304. The molecule has 0 amide bonds. The van der Waals surface area contributed by atoms with Crippen molar-refractivity contribution in [2.45, 2.75) is 52.4 Å². The van der Waals surface area contributed by atoms with Crippen molar-refractivity contribution in [2.75, 3.05) is 18.0 Å². The standard InChI is InChI=1S/C32H33FN4O3/c1-4-21-16-28(30(38)24-11-9-20-7-5-6-8-23(20)19(24)2)34-29-17-27(35-37(21)29)25-12-10-22(15-26(25)33)36-14-13-32(3,18-36)31(39)40/h5-8,10,12,15-17,19,24H,4,9,11,13-14,18H2,1-3H3,(H,39,40)/t19-,24?,32?/m1/s1. The molecule has 0 saturated carbocycles. The molecule has 1 aliphatic carbocycles. The zero-order chi connectivity index (χ0) is 28.2. The number of ketones is 1. The molecule has 40 heavy (non-hydrogen) atoms. The van der Waals surface area contributed by atoms with Gasteiger partial charge in [0.25, 0.3) is 0 Å². The van der Waals surface area contributed by atoms with E-state index in [0.29, 0.717) is 54.2 Å². The number of rotatable bonds is 6. The van der Waals surface area contributed by atoms with Crippen LogP contribution in [0.15, 0.2) is 54.6 Å². The first-order valence-corrected chi connectivity index (χ1v) is 14.0. The predicted octanol–water partition coefficient (Wildman–Crippen LogP) is 5.95. The molecule has 1 fully saturated rings. The van der Waals surface area contributed by atoms with Gasteiger partial charge in [0.15, 0.2) is 11.4 Å². The predicted molar refractivity (Wildman–Crippen MR) is 151 cm³/mol. The monoisotopic (exact) mass is 540 g/mol. The van der Waals surface area contributed by atoms with Crippen LogP contribution in [0.3, 0.4) is 0 Å². The summed E-state index contributed by atoms with van der Waals surface area (Å²) in [6, 6.07) is 16.8. The average Bonchev–Trinajstić information content (AvgIpc) is 3.57. The second kappa shape index (κ2) is 9.84. The number of carboxylic acid groups (broad SMARTS) is 1. The number of halogens is 1. The van der Waals surface area contributed by atoms with Gasteiger partial charge < -0.3 is 10.0 Å². The van der Waals surface area contributed by atoms with Crippen LogP contribution in [0.25, 0.3) is 16.9 Å². The highest BCUT2D eigenvalue weighted by Gasteiger charge is 2.40. The Morgan fingerprint density at radius 3 is 2.67 bits per heavy atom. The van der Waals surface area contributed by atoms with Gasteiger partial charge in [-0.25, -0.2) is 13.9 Å². The molecule has 1 N–H and O–H groups in total. The lowest BCUT2D eigenvalue weighted by Gasteiger charge is -2.30. The minimum Gasteiger partial charge on any atom is -0.481 e. The van der Waals surface area contributed by atoms with E-state index < -0.39 is 17.2 Å².